The van der Waals surface area contributed by atoms with Crippen LogP contribution in [0.3, 0.4) is 0 Å². The fourth-order valence-corrected chi connectivity index (χ4v) is 5.09. The molecule has 2 aliphatic heterocycles. The summed E-state index contributed by atoms with van der Waals surface area (Å²) in [5.41, 5.74) is 2.37. The lowest BCUT2D eigenvalue weighted by Crippen LogP contribution is -2.30. The van der Waals surface area contributed by atoms with Gasteiger partial charge in [0.15, 0.2) is 0 Å². The fraction of sp³-hybridized carbons (Fsp3) is 0.333. The van der Waals surface area contributed by atoms with Gasteiger partial charge in [-0.3, -0.25) is 24.1 Å². The van der Waals surface area contributed by atoms with Gasteiger partial charge in [-0.25, -0.2) is 0 Å². The van der Waals surface area contributed by atoms with Crippen molar-refractivity contribution >= 4 is 35.1 Å². The first-order chi connectivity index (χ1) is 16.5. The summed E-state index contributed by atoms with van der Waals surface area (Å²) < 4.78 is 5.54. The van der Waals surface area contributed by atoms with Crippen molar-refractivity contribution in [3.05, 3.63) is 66.2 Å². The second-order valence-electron chi connectivity index (χ2n) is 8.97. The molecule has 3 atom stereocenters. The van der Waals surface area contributed by atoms with Crippen LogP contribution in [-0.2, 0) is 25.6 Å². The van der Waals surface area contributed by atoms with Crippen molar-refractivity contribution in [3.8, 4) is 5.75 Å². The van der Waals surface area contributed by atoms with Gasteiger partial charge in [-0.05, 0) is 55.2 Å². The minimum atomic E-state index is -0.561. The van der Waals surface area contributed by atoms with Crippen molar-refractivity contribution in [2.75, 3.05) is 16.3 Å². The quantitative estimate of drug-likeness (QED) is 0.296. The van der Waals surface area contributed by atoms with Crippen LogP contribution in [0.15, 0.2) is 60.7 Å². The van der Waals surface area contributed by atoms with E-state index in [-0.39, 0.29) is 42.5 Å². The predicted molar refractivity (Wildman–Crippen MR) is 126 cm³/mol. The van der Waals surface area contributed by atoms with E-state index in [1.54, 1.807) is 29.2 Å². The standard InChI is InChI=1S/C27H26N2O5/c1-2-17-7-3-6-10-23(17)28-16-18(15-24(28)30)27(33)34-20-13-11-19(12-14-20)29-25(31)21-8-4-5-9-22(21)26(29)32/h3-7,10-14,18,21-22H,2,8-9,15-16H2,1H3/t18-,21+,22+/m1/s1. The van der Waals surface area contributed by atoms with Crippen LogP contribution in [0.1, 0.15) is 31.7 Å². The van der Waals surface area contributed by atoms with E-state index in [1.807, 2.05) is 43.3 Å². The maximum absolute atomic E-state index is 12.8. The number of rotatable bonds is 5. The van der Waals surface area contributed by atoms with Crippen LogP contribution < -0.4 is 14.5 Å². The maximum atomic E-state index is 12.8. The van der Waals surface area contributed by atoms with E-state index in [2.05, 4.69) is 0 Å². The molecule has 2 heterocycles. The van der Waals surface area contributed by atoms with Gasteiger partial charge in [0.05, 0.1) is 23.4 Å². The normalized spacial score (nSPS) is 24.0. The molecule has 2 aromatic carbocycles. The number of esters is 1. The van der Waals surface area contributed by atoms with Gasteiger partial charge in [-0.15, -0.1) is 0 Å². The number of allylic oxidation sites excluding steroid dienone is 2. The zero-order valence-corrected chi connectivity index (χ0v) is 19.0. The number of hydrogen-bond donors (Lipinski definition) is 0. The third kappa shape index (κ3) is 3.81. The molecule has 0 spiro atoms. The molecule has 0 N–H and O–H groups in total. The molecule has 2 fully saturated rings. The SMILES string of the molecule is CCc1ccccc1N1C[C@H](C(=O)Oc2ccc(N3C(=O)[C@H]4CC=CC[C@@H]4C3=O)cc2)CC1=O. The van der Waals surface area contributed by atoms with Gasteiger partial charge in [0.2, 0.25) is 17.7 Å². The first-order valence-corrected chi connectivity index (χ1v) is 11.7. The molecule has 5 rings (SSSR count). The highest BCUT2D eigenvalue weighted by Crippen LogP contribution is 2.38. The highest BCUT2D eigenvalue weighted by atomic mass is 16.5. The number of carbonyl (C=O) groups is 4. The van der Waals surface area contributed by atoms with Gasteiger partial charge in [-0.2, -0.15) is 0 Å². The number of fused-ring (bicyclic) bond motifs is 1. The Morgan fingerprint density at radius 3 is 2.24 bits per heavy atom. The van der Waals surface area contributed by atoms with Crippen molar-refractivity contribution < 1.29 is 23.9 Å². The van der Waals surface area contributed by atoms with Crippen molar-refractivity contribution in [2.24, 2.45) is 17.8 Å². The van der Waals surface area contributed by atoms with Crippen LogP contribution in [0.5, 0.6) is 5.75 Å². The molecule has 34 heavy (non-hydrogen) atoms. The van der Waals surface area contributed by atoms with Crippen molar-refractivity contribution in [3.63, 3.8) is 0 Å². The molecule has 7 nitrogen and oxygen atoms in total. The highest BCUT2D eigenvalue weighted by Gasteiger charge is 2.47. The molecule has 0 bridgehead atoms. The Hall–Kier alpha value is -3.74. The molecule has 0 aromatic heterocycles. The van der Waals surface area contributed by atoms with Crippen LogP contribution in [0, 0.1) is 17.8 Å². The van der Waals surface area contributed by atoms with Crippen LogP contribution in [0.2, 0.25) is 0 Å². The van der Waals surface area contributed by atoms with Crippen molar-refractivity contribution in [1.82, 2.24) is 0 Å². The van der Waals surface area contributed by atoms with Gasteiger partial charge in [0.1, 0.15) is 5.75 Å². The van der Waals surface area contributed by atoms with E-state index in [0.717, 1.165) is 17.7 Å². The smallest absolute Gasteiger partial charge is 0.316 e. The molecule has 0 radical (unpaired) electrons. The number of carbonyl (C=O) groups excluding carboxylic acids is 4. The lowest BCUT2D eigenvalue weighted by Gasteiger charge is -2.19. The molecule has 0 unspecified atom stereocenters. The molecule has 2 aromatic rings. The Kier molecular flexibility index (Phi) is 5.77. The number of para-hydroxylation sites is 1. The Morgan fingerprint density at radius 2 is 1.59 bits per heavy atom. The first kappa shape index (κ1) is 22.1. The number of ether oxygens (including phenoxy) is 1. The third-order valence-corrected chi connectivity index (χ3v) is 6.94. The van der Waals surface area contributed by atoms with E-state index < -0.39 is 11.9 Å². The summed E-state index contributed by atoms with van der Waals surface area (Å²) in [5.74, 6) is -1.77. The van der Waals surface area contributed by atoms with E-state index >= 15 is 0 Å². The summed E-state index contributed by atoms with van der Waals surface area (Å²) in [4.78, 5) is 53.8. The lowest BCUT2D eigenvalue weighted by atomic mass is 9.85. The second kappa shape index (κ2) is 8.89. The summed E-state index contributed by atoms with van der Waals surface area (Å²) in [6.07, 6.45) is 5.97. The maximum Gasteiger partial charge on any atom is 0.316 e. The second-order valence-corrected chi connectivity index (χ2v) is 8.97. The minimum absolute atomic E-state index is 0.0970. The van der Waals surface area contributed by atoms with E-state index in [9.17, 15) is 19.2 Å². The Balaban J connectivity index is 1.25. The number of anilines is 2. The zero-order valence-electron chi connectivity index (χ0n) is 19.0. The van der Waals surface area contributed by atoms with E-state index in [4.69, 9.17) is 4.74 Å². The molecule has 2 saturated heterocycles. The van der Waals surface area contributed by atoms with Crippen LogP contribution in [0.4, 0.5) is 11.4 Å². The lowest BCUT2D eigenvalue weighted by molar-refractivity contribution is -0.139. The topological polar surface area (TPSA) is 84.0 Å². The molecular formula is C27H26N2O5. The molecule has 3 aliphatic rings. The van der Waals surface area contributed by atoms with E-state index in [1.165, 1.54) is 4.90 Å². The number of hydrogen-bond acceptors (Lipinski definition) is 5. The monoisotopic (exact) mass is 458 g/mol. The first-order valence-electron chi connectivity index (χ1n) is 11.7. The number of amides is 3. The van der Waals surface area contributed by atoms with Crippen LogP contribution in [0.25, 0.3) is 0 Å². The van der Waals surface area contributed by atoms with Gasteiger partial charge in [0, 0.05) is 18.7 Å². The van der Waals surface area contributed by atoms with Gasteiger partial charge >= 0.3 is 5.97 Å². The predicted octanol–water partition coefficient (Wildman–Crippen LogP) is 3.66. The Labute approximate surface area is 198 Å². The fourth-order valence-electron chi connectivity index (χ4n) is 5.09. The minimum Gasteiger partial charge on any atom is -0.426 e. The molecule has 0 saturated carbocycles. The molecule has 3 amide bonds. The zero-order chi connectivity index (χ0) is 23.8. The van der Waals surface area contributed by atoms with Crippen LogP contribution >= 0.6 is 0 Å². The summed E-state index contributed by atoms with van der Waals surface area (Å²) in [6, 6.07) is 14.1. The number of nitrogens with zero attached hydrogens (tertiary/aromatic N) is 2. The van der Waals surface area contributed by atoms with Gasteiger partial charge < -0.3 is 9.64 Å². The number of aryl methyl sites for hydroxylation is 1. The molecular weight excluding hydrogens is 432 g/mol. The largest absolute Gasteiger partial charge is 0.426 e. The molecule has 174 valence electrons. The Morgan fingerprint density at radius 1 is 0.941 bits per heavy atom. The van der Waals surface area contributed by atoms with Gasteiger partial charge in [0.25, 0.3) is 0 Å². The highest BCUT2D eigenvalue weighted by molar-refractivity contribution is 6.22. The molecule has 1 aliphatic carbocycles. The summed E-state index contributed by atoms with van der Waals surface area (Å²) in [6.45, 7) is 2.31. The summed E-state index contributed by atoms with van der Waals surface area (Å²) in [7, 11) is 0. The van der Waals surface area contributed by atoms with Crippen molar-refractivity contribution in [1.29, 1.82) is 0 Å². The number of imide groups is 1. The Bertz CT molecular complexity index is 1160. The summed E-state index contributed by atoms with van der Waals surface area (Å²) >= 11 is 0. The number of benzene rings is 2. The molecule has 7 heteroatoms. The van der Waals surface area contributed by atoms with E-state index in [0.29, 0.717) is 24.3 Å². The average Bonchev–Trinajstić information content (AvgIpc) is 3.37. The summed E-state index contributed by atoms with van der Waals surface area (Å²) in [5, 5.41) is 0. The average molecular weight is 459 g/mol. The van der Waals surface area contributed by atoms with Crippen LogP contribution in [-0.4, -0.2) is 30.2 Å². The van der Waals surface area contributed by atoms with Crippen molar-refractivity contribution in [2.45, 2.75) is 32.6 Å². The van der Waals surface area contributed by atoms with Gasteiger partial charge in [-0.1, -0.05) is 37.3 Å². The third-order valence-electron chi connectivity index (χ3n) is 6.94.